The Morgan fingerprint density at radius 2 is 2.10 bits per heavy atom. The first kappa shape index (κ1) is 15.5. The lowest BCUT2D eigenvalue weighted by Crippen LogP contribution is -2.43. The molecule has 0 aromatic carbocycles. The summed E-state index contributed by atoms with van der Waals surface area (Å²) in [6.45, 7) is 0. The third-order valence-electron chi connectivity index (χ3n) is 2.45. The van der Waals surface area contributed by atoms with Gasteiger partial charge in [-0.05, 0) is 12.8 Å². The Bertz CT molecular complexity index is 499. The predicted octanol–water partition coefficient (Wildman–Crippen LogP) is 0.250. The average Bonchev–Trinajstić information content (AvgIpc) is 2.72. The van der Waals surface area contributed by atoms with Crippen LogP contribution in [0.5, 0.6) is 0 Å². The van der Waals surface area contributed by atoms with Crippen molar-refractivity contribution >= 4 is 23.7 Å². The zero-order valence-corrected chi connectivity index (χ0v) is 10.9. The summed E-state index contributed by atoms with van der Waals surface area (Å²) in [6, 6.07) is -1.81. The van der Waals surface area contributed by atoms with Gasteiger partial charge in [0, 0.05) is 19.7 Å². The quantitative estimate of drug-likeness (QED) is 0.567. The standard InChI is InChI=1S/C11H16N4O5/c1-15-6-7(5-12-15)13-11(20)14-8(10(18)19)3-2-4-9(16)17/h5-6,8H,2-4H2,1H3,(H,16,17)(H,18,19)(H2,13,14,20)/t8-/m1/s1. The van der Waals surface area contributed by atoms with Crippen molar-refractivity contribution in [3.05, 3.63) is 12.4 Å². The number of rotatable bonds is 7. The Morgan fingerprint density at radius 1 is 1.40 bits per heavy atom. The number of anilines is 1. The van der Waals surface area contributed by atoms with Crippen LogP contribution in [0.4, 0.5) is 10.5 Å². The van der Waals surface area contributed by atoms with E-state index in [-0.39, 0.29) is 19.3 Å². The Hall–Kier alpha value is -2.58. The lowest BCUT2D eigenvalue weighted by atomic mass is 10.1. The topological polar surface area (TPSA) is 134 Å². The fourth-order valence-electron chi connectivity index (χ4n) is 1.53. The number of carboxylic acid groups (broad SMARTS) is 2. The molecule has 9 nitrogen and oxygen atoms in total. The molecule has 0 saturated carbocycles. The highest BCUT2D eigenvalue weighted by molar-refractivity contribution is 5.91. The molecule has 0 fully saturated rings. The lowest BCUT2D eigenvalue weighted by molar-refractivity contribution is -0.140. The summed E-state index contributed by atoms with van der Waals surface area (Å²) in [5.74, 6) is -2.22. The number of carbonyl (C=O) groups excluding carboxylic acids is 1. The molecule has 0 aliphatic heterocycles. The van der Waals surface area contributed by atoms with E-state index in [9.17, 15) is 14.4 Å². The smallest absolute Gasteiger partial charge is 0.326 e. The van der Waals surface area contributed by atoms with Gasteiger partial charge in [-0.3, -0.25) is 9.48 Å². The van der Waals surface area contributed by atoms with Gasteiger partial charge in [-0.15, -0.1) is 0 Å². The second-order valence-corrected chi connectivity index (χ2v) is 4.18. The van der Waals surface area contributed by atoms with Crippen molar-refractivity contribution in [2.45, 2.75) is 25.3 Å². The molecule has 0 bridgehead atoms. The second-order valence-electron chi connectivity index (χ2n) is 4.18. The number of nitrogens with zero attached hydrogens (tertiary/aromatic N) is 2. The van der Waals surface area contributed by atoms with Gasteiger partial charge in [-0.25, -0.2) is 9.59 Å². The molecule has 1 aromatic heterocycles. The minimum absolute atomic E-state index is 0.0437. The van der Waals surface area contributed by atoms with E-state index in [0.717, 1.165) is 0 Å². The molecule has 20 heavy (non-hydrogen) atoms. The van der Waals surface area contributed by atoms with Crippen molar-refractivity contribution in [1.82, 2.24) is 15.1 Å². The van der Waals surface area contributed by atoms with Crippen LogP contribution in [0.3, 0.4) is 0 Å². The van der Waals surface area contributed by atoms with Gasteiger partial charge in [0.1, 0.15) is 6.04 Å². The number of aliphatic carboxylic acids is 2. The highest BCUT2D eigenvalue weighted by Gasteiger charge is 2.20. The summed E-state index contributed by atoms with van der Waals surface area (Å²) >= 11 is 0. The summed E-state index contributed by atoms with van der Waals surface area (Å²) in [6.07, 6.45) is 3.04. The Balaban J connectivity index is 2.46. The van der Waals surface area contributed by atoms with E-state index < -0.39 is 24.0 Å². The Kier molecular flexibility index (Phi) is 5.51. The summed E-state index contributed by atoms with van der Waals surface area (Å²) in [7, 11) is 1.68. The summed E-state index contributed by atoms with van der Waals surface area (Å²) < 4.78 is 1.48. The molecule has 4 N–H and O–H groups in total. The van der Waals surface area contributed by atoms with Crippen LogP contribution in [-0.2, 0) is 16.6 Å². The van der Waals surface area contributed by atoms with Crippen LogP contribution in [0.2, 0.25) is 0 Å². The molecule has 0 unspecified atom stereocenters. The number of carbonyl (C=O) groups is 3. The van der Waals surface area contributed by atoms with Crippen molar-refractivity contribution in [3.63, 3.8) is 0 Å². The maximum Gasteiger partial charge on any atom is 0.326 e. The van der Waals surface area contributed by atoms with Gasteiger partial charge in [0.15, 0.2) is 0 Å². The first-order valence-electron chi connectivity index (χ1n) is 5.89. The molecular formula is C11H16N4O5. The van der Waals surface area contributed by atoms with E-state index >= 15 is 0 Å². The molecule has 1 rings (SSSR count). The van der Waals surface area contributed by atoms with E-state index in [0.29, 0.717) is 5.69 Å². The Morgan fingerprint density at radius 3 is 2.60 bits per heavy atom. The third-order valence-corrected chi connectivity index (χ3v) is 2.45. The largest absolute Gasteiger partial charge is 0.481 e. The van der Waals surface area contributed by atoms with Crippen LogP contribution < -0.4 is 10.6 Å². The van der Waals surface area contributed by atoms with Crippen molar-refractivity contribution in [1.29, 1.82) is 0 Å². The van der Waals surface area contributed by atoms with Gasteiger partial charge in [-0.2, -0.15) is 5.10 Å². The summed E-state index contributed by atoms with van der Waals surface area (Å²) in [5, 5.41) is 26.0. The third kappa shape index (κ3) is 5.38. The van der Waals surface area contributed by atoms with Crippen LogP contribution in [0, 0.1) is 0 Å². The molecule has 0 aliphatic carbocycles. The maximum atomic E-state index is 11.6. The lowest BCUT2D eigenvalue weighted by Gasteiger charge is -2.14. The number of amides is 2. The SMILES string of the molecule is Cn1cc(NC(=O)N[C@H](CCCC(=O)O)C(=O)O)cn1. The van der Waals surface area contributed by atoms with Gasteiger partial charge in [0.2, 0.25) is 0 Å². The van der Waals surface area contributed by atoms with E-state index in [1.807, 2.05) is 0 Å². The number of hydrogen-bond acceptors (Lipinski definition) is 4. The highest BCUT2D eigenvalue weighted by atomic mass is 16.4. The predicted molar refractivity (Wildman–Crippen MR) is 68.3 cm³/mol. The number of nitrogens with one attached hydrogen (secondary N) is 2. The molecule has 110 valence electrons. The summed E-state index contributed by atoms with van der Waals surface area (Å²) in [5.41, 5.74) is 0.430. The fourth-order valence-corrected chi connectivity index (χ4v) is 1.53. The van der Waals surface area contributed by atoms with Crippen LogP contribution >= 0.6 is 0 Å². The normalized spacial score (nSPS) is 11.7. The molecule has 0 spiro atoms. The number of hydrogen-bond donors (Lipinski definition) is 4. The minimum atomic E-state index is -1.21. The van der Waals surface area contributed by atoms with Gasteiger partial charge in [-0.1, -0.05) is 0 Å². The van der Waals surface area contributed by atoms with Gasteiger partial charge < -0.3 is 20.8 Å². The van der Waals surface area contributed by atoms with Crippen molar-refractivity contribution in [3.8, 4) is 0 Å². The van der Waals surface area contributed by atoms with E-state index in [4.69, 9.17) is 10.2 Å². The van der Waals surface area contributed by atoms with E-state index in [2.05, 4.69) is 15.7 Å². The molecule has 1 heterocycles. The molecule has 0 radical (unpaired) electrons. The van der Waals surface area contributed by atoms with Gasteiger partial charge >= 0.3 is 18.0 Å². The minimum Gasteiger partial charge on any atom is -0.481 e. The van der Waals surface area contributed by atoms with Gasteiger partial charge in [0.05, 0.1) is 11.9 Å². The van der Waals surface area contributed by atoms with Crippen LogP contribution in [-0.4, -0.2) is 44.0 Å². The molecule has 1 atom stereocenters. The molecular weight excluding hydrogens is 268 g/mol. The van der Waals surface area contributed by atoms with E-state index in [1.54, 1.807) is 13.2 Å². The first-order chi connectivity index (χ1) is 9.38. The van der Waals surface area contributed by atoms with Crippen molar-refractivity contribution in [2.75, 3.05) is 5.32 Å². The van der Waals surface area contributed by atoms with Crippen LogP contribution in [0.25, 0.3) is 0 Å². The maximum absolute atomic E-state index is 11.6. The molecule has 2 amide bonds. The average molecular weight is 284 g/mol. The molecule has 0 saturated heterocycles. The van der Waals surface area contributed by atoms with Crippen LogP contribution in [0.1, 0.15) is 19.3 Å². The second kappa shape index (κ2) is 7.12. The number of aromatic nitrogens is 2. The monoisotopic (exact) mass is 284 g/mol. The first-order valence-corrected chi connectivity index (χ1v) is 5.89. The van der Waals surface area contributed by atoms with Gasteiger partial charge in [0.25, 0.3) is 0 Å². The van der Waals surface area contributed by atoms with Crippen molar-refractivity contribution in [2.24, 2.45) is 7.05 Å². The summed E-state index contributed by atoms with van der Waals surface area (Å²) in [4.78, 5) is 32.9. The number of carboxylic acids is 2. The molecule has 0 aliphatic rings. The number of urea groups is 1. The molecule has 1 aromatic rings. The zero-order chi connectivity index (χ0) is 15.1. The number of aryl methyl sites for hydroxylation is 1. The van der Waals surface area contributed by atoms with Crippen LogP contribution in [0.15, 0.2) is 12.4 Å². The highest BCUT2D eigenvalue weighted by Crippen LogP contribution is 2.05. The van der Waals surface area contributed by atoms with E-state index in [1.165, 1.54) is 10.9 Å². The molecule has 9 heteroatoms. The Labute approximate surface area is 114 Å². The fraction of sp³-hybridized carbons (Fsp3) is 0.455. The van der Waals surface area contributed by atoms with Crippen molar-refractivity contribution < 1.29 is 24.6 Å². The zero-order valence-electron chi connectivity index (χ0n) is 10.9.